The summed E-state index contributed by atoms with van der Waals surface area (Å²) < 4.78 is 31.7. The van der Waals surface area contributed by atoms with Crippen LogP contribution in [0, 0.1) is 11.6 Å². The lowest BCUT2D eigenvalue weighted by Gasteiger charge is -2.39. The quantitative estimate of drug-likeness (QED) is 0.869. The molecule has 116 valence electrons. The molecule has 0 atom stereocenters. The van der Waals surface area contributed by atoms with Crippen molar-refractivity contribution >= 4 is 5.91 Å². The van der Waals surface area contributed by atoms with Gasteiger partial charge < -0.3 is 15.0 Å². The van der Waals surface area contributed by atoms with E-state index in [-0.39, 0.29) is 24.7 Å². The van der Waals surface area contributed by atoms with Crippen LogP contribution in [0.3, 0.4) is 0 Å². The Hall–Kier alpha value is -1.53. The van der Waals surface area contributed by atoms with Crippen molar-refractivity contribution in [2.24, 2.45) is 0 Å². The standard InChI is InChI=1S/C15H20F2N2O2/c1-3-19(7-11-4-5-12(16)13(17)6-11)14(20)8-21-15(2)9-18-10-15/h4-6,18H,3,7-10H2,1-2H3. The van der Waals surface area contributed by atoms with Crippen LogP contribution in [0.5, 0.6) is 0 Å². The summed E-state index contributed by atoms with van der Waals surface area (Å²) in [5, 5.41) is 3.09. The molecule has 1 aliphatic rings. The number of hydrogen-bond acceptors (Lipinski definition) is 3. The second-order valence-corrected chi connectivity index (χ2v) is 5.50. The molecule has 1 saturated heterocycles. The molecule has 1 aliphatic heterocycles. The molecule has 0 saturated carbocycles. The number of ether oxygens (including phenoxy) is 1. The number of halogens is 2. The van der Waals surface area contributed by atoms with Crippen LogP contribution in [0.2, 0.25) is 0 Å². The van der Waals surface area contributed by atoms with Gasteiger partial charge >= 0.3 is 0 Å². The zero-order valence-electron chi connectivity index (χ0n) is 12.3. The summed E-state index contributed by atoms with van der Waals surface area (Å²) in [6.07, 6.45) is 0. The molecular weight excluding hydrogens is 278 g/mol. The van der Waals surface area contributed by atoms with Crippen molar-refractivity contribution in [3.05, 3.63) is 35.4 Å². The summed E-state index contributed by atoms with van der Waals surface area (Å²) in [4.78, 5) is 13.7. The van der Waals surface area contributed by atoms with Crippen LogP contribution in [-0.4, -0.2) is 42.6 Å². The minimum Gasteiger partial charge on any atom is -0.363 e. The summed E-state index contributed by atoms with van der Waals surface area (Å²) in [7, 11) is 0. The van der Waals surface area contributed by atoms with E-state index >= 15 is 0 Å². The summed E-state index contributed by atoms with van der Waals surface area (Å²) in [5.74, 6) is -1.95. The summed E-state index contributed by atoms with van der Waals surface area (Å²) in [6.45, 7) is 5.97. The number of nitrogens with zero attached hydrogens (tertiary/aromatic N) is 1. The van der Waals surface area contributed by atoms with Gasteiger partial charge in [-0.05, 0) is 31.5 Å². The highest BCUT2D eigenvalue weighted by atomic mass is 19.2. The number of carbonyl (C=O) groups is 1. The first-order chi connectivity index (χ1) is 9.93. The number of rotatable bonds is 6. The third-order valence-corrected chi connectivity index (χ3v) is 3.63. The Morgan fingerprint density at radius 3 is 2.62 bits per heavy atom. The monoisotopic (exact) mass is 298 g/mol. The van der Waals surface area contributed by atoms with Crippen molar-refractivity contribution in [1.82, 2.24) is 10.2 Å². The molecule has 1 fully saturated rings. The fraction of sp³-hybridized carbons (Fsp3) is 0.533. The maximum atomic E-state index is 13.2. The number of likely N-dealkylation sites (N-methyl/N-ethyl adjacent to an activating group) is 1. The van der Waals surface area contributed by atoms with Crippen LogP contribution in [-0.2, 0) is 16.1 Å². The molecule has 0 aromatic heterocycles. The molecule has 1 heterocycles. The average Bonchev–Trinajstić information content (AvgIpc) is 2.43. The van der Waals surface area contributed by atoms with Crippen LogP contribution < -0.4 is 5.32 Å². The number of carbonyl (C=O) groups excluding carboxylic acids is 1. The zero-order chi connectivity index (χ0) is 15.5. The first kappa shape index (κ1) is 15.9. The second kappa shape index (κ2) is 6.49. The van der Waals surface area contributed by atoms with Gasteiger partial charge in [-0.25, -0.2) is 8.78 Å². The van der Waals surface area contributed by atoms with E-state index in [2.05, 4.69) is 5.32 Å². The van der Waals surface area contributed by atoms with Gasteiger partial charge in [0.15, 0.2) is 11.6 Å². The SMILES string of the molecule is CCN(Cc1ccc(F)c(F)c1)C(=O)COC1(C)CNC1. The maximum Gasteiger partial charge on any atom is 0.248 e. The van der Waals surface area contributed by atoms with Crippen LogP contribution in [0.1, 0.15) is 19.4 Å². The number of benzene rings is 1. The van der Waals surface area contributed by atoms with Gasteiger partial charge in [0.2, 0.25) is 5.91 Å². The van der Waals surface area contributed by atoms with Gasteiger partial charge in [0.25, 0.3) is 0 Å². The molecule has 1 N–H and O–H groups in total. The van der Waals surface area contributed by atoms with Crippen molar-refractivity contribution < 1.29 is 18.3 Å². The highest BCUT2D eigenvalue weighted by Gasteiger charge is 2.33. The first-order valence-corrected chi connectivity index (χ1v) is 7.00. The van der Waals surface area contributed by atoms with Crippen molar-refractivity contribution in [3.8, 4) is 0 Å². The minimum atomic E-state index is -0.902. The molecule has 2 rings (SSSR count). The van der Waals surface area contributed by atoms with E-state index in [9.17, 15) is 13.6 Å². The van der Waals surface area contributed by atoms with Crippen LogP contribution in [0.25, 0.3) is 0 Å². The van der Waals surface area contributed by atoms with Crippen molar-refractivity contribution in [3.63, 3.8) is 0 Å². The van der Waals surface area contributed by atoms with Gasteiger partial charge in [-0.1, -0.05) is 6.07 Å². The van der Waals surface area contributed by atoms with Crippen LogP contribution in [0.4, 0.5) is 8.78 Å². The van der Waals surface area contributed by atoms with E-state index in [0.717, 1.165) is 25.2 Å². The highest BCUT2D eigenvalue weighted by molar-refractivity contribution is 5.77. The lowest BCUT2D eigenvalue weighted by molar-refractivity contribution is -0.146. The fourth-order valence-corrected chi connectivity index (χ4v) is 2.14. The largest absolute Gasteiger partial charge is 0.363 e. The van der Waals surface area contributed by atoms with Crippen molar-refractivity contribution in [2.75, 3.05) is 26.2 Å². The third-order valence-electron chi connectivity index (χ3n) is 3.63. The molecule has 4 nitrogen and oxygen atoms in total. The molecule has 0 bridgehead atoms. The third kappa shape index (κ3) is 3.98. The molecule has 0 unspecified atom stereocenters. The van der Waals surface area contributed by atoms with E-state index < -0.39 is 11.6 Å². The number of nitrogens with one attached hydrogen (secondary N) is 1. The van der Waals surface area contributed by atoms with Gasteiger partial charge in [-0.2, -0.15) is 0 Å². The minimum absolute atomic E-state index is 0.00427. The van der Waals surface area contributed by atoms with Crippen LogP contribution in [0.15, 0.2) is 18.2 Å². The Balaban J connectivity index is 1.91. The van der Waals surface area contributed by atoms with E-state index in [1.54, 1.807) is 4.90 Å². The Kier molecular flexibility index (Phi) is 4.90. The molecule has 1 aromatic carbocycles. The Labute approximate surface area is 123 Å². The normalized spacial score (nSPS) is 16.4. The summed E-state index contributed by atoms with van der Waals surface area (Å²) >= 11 is 0. The number of hydrogen-bond donors (Lipinski definition) is 1. The smallest absolute Gasteiger partial charge is 0.248 e. The van der Waals surface area contributed by atoms with Gasteiger partial charge in [0.05, 0.1) is 5.60 Å². The maximum absolute atomic E-state index is 13.2. The predicted molar refractivity (Wildman–Crippen MR) is 74.7 cm³/mol. The molecular formula is C15H20F2N2O2. The molecule has 21 heavy (non-hydrogen) atoms. The Bertz CT molecular complexity index is 518. The van der Waals surface area contributed by atoms with Gasteiger partial charge in [0.1, 0.15) is 6.61 Å². The van der Waals surface area contributed by atoms with E-state index in [4.69, 9.17) is 4.74 Å². The number of amides is 1. The topological polar surface area (TPSA) is 41.6 Å². The first-order valence-electron chi connectivity index (χ1n) is 7.00. The molecule has 0 aliphatic carbocycles. The fourth-order valence-electron chi connectivity index (χ4n) is 2.14. The van der Waals surface area contributed by atoms with Gasteiger partial charge in [-0.3, -0.25) is 4.79 Å². The van der Waals surface area contributed by atoms with E-state index in [0.29, 0.717) is 12.1 Å². The molecule has 0 radical (unpaired) electrons. The second-order valence-electron chi connectivity index (χ2n) is 5.50. The molecule has 1 aromatic rings. The molecule has 0 spiro atoms. The van der Waals surface area contributed by atoms with E-state index in [1.165, 1.54) is 6.07 Å². The summed E-state index contributed by atoms with van der Waals surface area (Å²) in [5.41, 5.74) is 0.275. The van der Waals surface area contributed by atoms with Crippen LogP contribution >= 0.6 is 0 Å². The van der Waals surface area contributed by atoms with E-state index in [1.807, 2.05) is 13.8 Å². The Morgan fingerprint density at radius 2 is 2.10 bits per heavy atom. The average molecular weight is 298 g/mol. The van der Waals surface area contributed by atoms with Gasteiger partial charge in [0, 0.05) is 26.2 Å². The highest BCUT2D eigenvalue weighted by Crippen LogP contribution is 2.16. The molecule has 1 amide bonds. The zero-order valence-corrected chi connectivity index (χ0v) is 12.3. The predicted octanol–water partition coefficient (Wildman–Crippen LogP) is 1.69. The Morgan fingerprint density at radius 1 is 1.38 bits per heavy atom. The summed E-state index contributed by atoms with van der Waals surface area (Å²) in [6, 6.07) is 3.66. The lowest BCUT2D eigenvalue weighted by atomic mass is 10.0. The lowest BCUT2D eigenvalue weighted by Crippen LogP contribution is -2.59. The van der Waals surface area contributed by atoms with Crippen molar-refractivity contribution in [1.29, 1.82) is 0 Å². The van der Waals surface area contributed by atoms with Gasteiger partial charge in [-0.15, -0.1) is 0 Å². The molecule has 6 heteroatoms. The van der Waals surface area contributed by atoms with Crippen molar-refractivity contribution in [2.45, 2.75) is 26.0 Å².